The van der Waals surface area contributed by atoms with Crippen LogP contribution in [0.4, 0.5) is 0 Å². The Kier molecular flexibility index (Phi) is 2.58. The van der Waals surface area contributed by atoms with Crippen LogP contribution >= 0.6 is 0 Å². The summed E-state index contributed by atoms with van der Waals surface area (Å²) in [5, 5.41) is 26.2. The van der Waals surface area contributed by atoms with E-state index in [9.17, 15) is 0 Å². The molecule has 1 fully saturated rings. The van der Waals surface area contributed by atoms with Crippen LogP contribution in [0.3, 0.4) is 0 Å². The molecular weight excluding hydrogens is 138 g/mol. The van der Waals surface area contributed by atoms with Gasteiger partial charge in [-0.1, -0.05) is 0 Å². The number of nitrogens with one attached hydrogen (secondary N) is 1. The van der Waals surface area contributed by atoms with Gasteiger partial charge in [0.2, 0.25) is 0 Å². The molecule has 1 saturated heterocycles. The Bertz CT molecular complexity index is 110. The zero-order valence-corrected chi connectivity index (χ0v) is 5.40. The first-order valence-corrected chi connectivity index (χ1v) is 3.11. The highest BCUT2D eigenvalue weighted by Crippen LogP contribution is 2.11. The zero-order valence-electron chi connectivity index (χ0n) is 5.40. The lowest BCUT2D eigenvalue weighted by molar-refractivity contribution is -0.158. The topological polar surface area (TPSA) is 82.0 Å². The molecule has 0 bridgehead atoms. The maximum atomic E-state index is 9.00. The highest BCUT2D eigenvalue weighted by molar-refractivity contribution is 4.74. The van der Waals surface area contributed by atoms with Gasteiger partial charge in [-0.3, -0.25) is 0 Å². The quantitative estimate of drug-likeness (QED) is 0.339. The van der Waals surface area contributed by atoms with Crippen molar-refractivity contribution < 1.29 is 20.2 Å². The standard InChI is InChI=1S/C5H11NO4/c7-3-1-5(6-9)10-2-4(3)8/h3-9H,1-2H2. The second-order valence-electron chi connectivity index (χ2n) is 2.32. The molecule has 0 spiro atoms. The van der Waals surface area contributed by atoms with Gasteiger partial charge < -0.3 is 20.2 Å². The Morgan fingerprint density at radius 3 is 2.50 bits per heavy atom. The van der Waals surface area contributed by atoms with Crippen molar-refractivity contribution in [3.05, 3.63) is 0 Å². The fraction of sp³-hybridized carbons (Fsp3) is 1.00. The Morgan fingerprint density at radius 2 is 2.00 bits per heavy atom. The van der Waals surface area contributed by atoms with E-state index in [1.54, 1.807) is 0 Å². The molecule has 1 aliphatic heterocycles. The minimum absolute atomic E-state index is 0.0550. The molecule has 0 aromatic rings. The van der Waals surface area contributed by atoms with E-state index < -0.39 is 18.4 Å². The van der Waals surface area contributed by atoms with Crippen LogP contribution in [0, 0.1) is 0 Å². The SMILES string of the molecule is ONC1CC(O)C(O)CO1. The predicted octanol–water partition coefficient (Wildman–Crippen LogP) is -1.57. The predicted molar refractivity (Wildman–Crippen MR) is 31.3 cm³/mol. The van der Waals surface area contributed by atoms with E-state index >= 15 is 0 Å². The third kappa shape index (κ3) is 1.65. The number of aliphatic hydroxyl groups excluding tert-OH is 2. The average Bonchev–Trinajstić information content (AvgIpc) is 1.95. The average molecular weight is 149 g/mol. The van der Waals surface area contributed by atoms with E-state index in [2.05, 4.69) is 0 Å². The summed E-state index contributed by atoms with van der Waals surface area (Å²) < 4.78 is 4.84. The number of rotatable bonds is 1. The largest absolute Gasteiger partial charge is 0.390 e. The van der Waals surface area contributed by atoms with Crippen molar-refractivity contribution in [2.75, 3.05) is 6.61 Å². The molecule has 0 aromatic carbocycles. The molecule has 5 nitrogen and oxygen atoms in total. The molecule has 1 aliphatic rings. The van der Waals surface area contributed by atoms with Crippen LogP contribution < -0.4 is 5.48 Å². The van der Waals surface area contributed by atoms with Gasteiger partial charge in [0.1, 0.15) is 12.3 Å². The lowest BCUT2D eigenvalue weighted by Gasteiger charge is -2.29. The monoisotopic (exact) mass is 149 g/mol. The summed E-state index contributed by atoms with van der Waals surface area (Å²) in [6.07, 6.45) is -1.99. The van der Waals surface area contributed by atoms with Crippen molar-refractivity contribution in [2.24, 2.45) is 0 Å². The fourth-order valence-electron chi connectivity index (χ4n) is 0.860. The molecule has 0 radical (unpaired) electrons. The van der Waals surface area contributed by atoms with Gasteiger partial charge in [0, 0.05) is 6.42 Å². The van der Waals surface area contributed by atoms with Crippen LogP contribution in [-0.2, 0) is 4.74 Å². The van der Waals surface area contributed by atoms with Crippen LogP contribution in [0.1, 0.15) is 6.42 Å². The first-order valence-electron chi connectivity index (χ1n) is 3.11. The minimum Gasteiger partial charge on any atom is -0.390 e. The summed E-state index contributed by atoms with van der Waals surface area (Å²) in [6.45, 7) is 0.0550. The first kappa shape index (κ1) is 7.90. The van der Waals surface area contributed by atoms with Crippen molar-refractivity contribution in [1.82, 2.24) is 5.48 Å². The van der Waals surface area contributed by atoms with Crippen LogP contribution in [0.15, 0.2) is 0 Å². The van der Waals surface area contributed by atoms with E-state index in [-0.39, 0.29) is 13.0 Å². The van der Waals surface area contributed by atoms with Crippen LogP contribution in [0.2, 0.25) is 0 Å². The smallest absolute Gasteiger partial charge is 0.132 e. The second-order valence-corrected chi connectivity index (χ2v) is 2.32. The van der Waals surface area contributed by atoms with Crippen molar-refractivity contribution in [3.63, 3.8) is 0 Å². The highest BCUT2D eigenvalue weighted by atomic mass is 16.6. The summed E-state index contributed by atoms with van der Waals surface area (Å²) in [4.78, 5) is 0. The third-order valence-electron chi connectivity index (χ3n) is 1.51. The molecule has 0 aromatic heterocycles. The molecule has 0 aliphatic carbocycles. The second kappa shape index (κ2) is 3.27. The van der Waals surface area contributed by atoms with E-state index in [4.69, 9.17) is 20.2 Å². The summed E-state index contributed by atoms with van der Waals surface area (Å²) in [5.74, 6) is 0. The first-order chi connectivity index (χ1) is 4.74. The van der Waals surface area contributed by atoms with Crippen molar-refractivity contribution in [3.8, 4) is 0 Å². The van der Waals surface area contributed by atoms with Gasteiger partial charge in [-0.25, -0.2) is 0 Å². The highest BCUT2D eigenvalue weighted by Gasteiger charge is 2.27. The fourth-order valence-corrected chi connectivity index (χ4v) is 0.860. The number of aliphatic hydroxyl groups is 2. The van der Waals surface area contributed by atoms with Crippen LogP contribution in [-0.4, -0.2) is 40.5 Å². The molecule has 60 valence electrons. The Labute approximate surface area is 58.2 Å². The van der Waals surface area contributed by atoms with E-state index in [1.807, 2.05) is 5.48 Å². The molecule has 0 saturated carbocycles. The number of hydroxylamine groups is 1. The van der Waals surface area contributed by atoms with Gasteiger partial charge >= 0.3 is 0 Å². The van der Waals surface area contributed by atoms with Gasteiger partial charge in [0.05, 0.1) is 12.7 Å². The van der Waals surface area contributed by atoms with Gasteiger partial charge in [-0.15, -0.1) is 0 Å². The van der Waals surface area contributed by atoms with Crippen LogP contribution in [0.5, 0.6) is 0 Å². The van der Waals surface area contributed by atoms with Gasteiger partial charge in [0.15, 0.2) is 0 Å². The molecule has 10 heavy (non-hydrogen) atoms. The molecule has 1 rings (SSSR count). The Balaban J connectivity index is 2.33. The number of hydrogen-bond acceptors (Lipinski definition) is 5. The van der Waals surface area contributed by atoms with Crippen molar-refractivity contribution in [2.45, 2.75) is 24.9 Å². The van der Waals surface area contributed by atoms with E-state index in [0.717, 1.165) is 0 Å². The van der Waals surface area contributed by atoms with Gasteiger partial charge in [-0.05, 0) is 0 Å². The summed E-state index contributed by atoms with van der Waals surface area (Å²) in [6, 6.07) is 0. The lowest BCUT2D eigenvalue weighted by atomic mass is 10.1. The van der Waals surface area contributed by atoms with Crippen molar-refractivity contribution >= 4 is 0 Å². The Hall–Kier alpha value is -0.200. The van der Waals surface area contributed by atoms with Gasteiger partial charge in [0.25, 0.3) is 0 Å². The van der Waals surface area contributed by atoms with Crippen LogP contribution in [0.25, 0.3) is 0 Å². The number of ether oxygens (including phenoxy) is 1. The molecule has 0 amide bonds. The zero-order chi connectivity index (χ0) is 7.56. The molecule has 3 atom stereocenters. The normalized spacial score (nSPS) is 41.7. The minimum atomic E-state index is -0.829. The molecule has 3 unspecified atom stereocenters. The van der Waals surface area contributed by atoms with E-state index in [1.165, 1.54) is 0 Å². The van der Waals surface area contributed by atoms with E-state index in [0.29, 0.717) is 0 Å². The summed E-state index contributed by atoms with van der Waals surface area (Å²) in [5.41, 5.74) is 1.86. The molecular formula is C5H11NO4. The molecule has 1 heterocycles. The number of hydrogen-bond donors (Lipinski definition) is 4. The van der Waals surface area contributed by atoms with Gasteiger partial charge in [-0.2, -0.15) is 5.48 Å². The Morgan fingerprint density at radius 1 is 1.30 bits per heavy atom. The molecule has 4 N–H and O–H groups in total. The lowest BCUT2D eigenvalue weighted by Crippen LogP contribution is -2.46. The summed E-state index contributed by atoms with van der Waals surface area (Å²) >= 11 is 0. The maximum Gasteiger partial charge on any atom is 0.132 e. The van der Waals surface area contributed by atoms with Crippen molar-refractivity contribution in [1.29, 1.82) is 0 Å². The third-order valence-corrected chi connectivity index (χ3v) is 1.51. The molecule has 5 heteroatoms. The maximum absolute atomic E-state index is 9.00. The summed E-state index contributed by atoms with van der Waals surface area (Å²) in [7, 11) is 0.